The lowest BCUT2D eigenvalue weighted by Crippen LogP contribution is -2.10. The van der Waals surface area contributed by atoms with Gasteiger partial charge in [0.1, 0.15) is 5.82 Å². The van der Waals surface area contributed by atoms with E-state index >= 15 is 0 Å². The van der Waals surface area contributed by atoms with Crippen molar-refractivity contribution >= 4 is 11.8 Å². The van der Waals surface area contributed by atoms with Gasteiger partial charge in [-0.15, -0.1) is 5.10 Å². The number of H-pyrrole nitrogens is 1. The Bertz CT molecular complexity index is 538. The molecule has 0 fully saturated rings. The average Bonchev–Trinajstić information content (AvgIpc) is 2.78. The van der Waals surface area contributed by atoms with E-state index in [9.17, 15) is 9.18 Å². The number of aromatic nitrogens is 3. The number of ether oxygens (including phenoxy) is 1. The van der Waals surface area contributed by atoms with Crippen LogP contribution in [0.25, 0.3) is 0 Å². The minimum atomic E-state index is -0.636. The van der Waals surface area contributed by atoms with Gasteiger partial charge in [-0.3, -0.25) is 0 Å². The highest BCUT2D eigenvalue weighted by atomic mass is 19.1. The zero-order chi connectivity index (χ0) is 13.0. The zero-order valence-corrected chi connectivity index (χ0v) is 9.39. The molecule has 1 aromatic heterocycles. The topological polar surface area (TPSA) is 93.9 Å². The number of anilines is 1. The summed E-state index contributed by atoms with van der Waals surface area (Å²) in [5, 5.41) is 9.21. The van der Waals surface area contributed by atoms with E-state index in [1.807, 2.05) is 0 Å². The number of nitrogens with zero attached hydrogens (tertiary/aromatic N) is 2. The molecule has 0 saturated carbocycles. The van der Waals surface area contributed by atoms with Gasteiger partial charge in [0.15, 0.2) is 5.82 Å². The summed E-state index contributed by atoms with van der Waals surface area (Å²) in [6.07, 6.45) is 0.490. The Hall–Kier alpha value is -2.44. The first-order valence-electron chi connectivity index (χ1n) is 5.25. The Labute approximate surface area is 102 Å². The molecule has 0 aliphatic heterocycles. The van der Waals surface area contributed by atoms with E-state index in [0.29, 0.717) is 6.42 Å². The minimum Gasteiger partial charge on any atom is -0.460 e. The summed E-state index contributed by atoms with van der Waals surface area (Å²) < 4.78 is 17.6. The summed E-state index contributed by atoms with van der Waals surface area (Å²) >= 11 is 0. The molecule has 7 heteroatoms. The lowest BCUT2D eigenvalue weighted by atomic mass is 10.2. The van der Waals surface area contributed by atoms with Crippen molar-refractivity contribution in [2.75, 3.05) is 12.3 Å². The van der Waals surface area contributed by atoms with Crippen LogP contribution in [0.2, 0.25) is 0 Å². The lowest BCUT2D eigenvalue weighted by Gasteiger charge is -2.03. The zero-order valence-electron chi connectivity index (χ0n) is 9.39. The van der Waals surface area contributed by atoms with Crippen LogP contribution in [-0.2, 0) is 11.2 Å². The Balaban J connectivity index is 1.84. The normalized spacial score (nSPS) is 10.3. The molecule has 0 radical (unpaired) electrons. The largest absolute Gasteiger partial charge is 0.460 e. The fourth-order valence-corrected chi connectivity index (χ4v) is 1.37. The molecule has 2 rings (SSSR count). The van der Waals surface area contributed by atoms with Crippen molar-refractivity contribution < 1.29 is 13.9 Å². The molecule has 18 heavy (non-hydrogen) atoms. The molecule has 94 valence electrons. The van der Waals surface area contributed by atoms with Crippen LogP contribution < -0.4 is 5.73 Å². The standard InChI is InChI=1S/C11H11FN4O2/c12-8-3-1-7(2-4-8)5-6-18-11(17)9-10(13)15-16-14-9/h1-4H,5-6H2,(H3,13,14,15,16). The van der Waals surface area contributed by atoms with E-state index in [1.54, 1.807) is 12.1 Å². The first-order valence-corrected chi connectivity index (χ1v) is 5.25. The number of carbonyl (C=O) groups excluding carboxylic acids is 1. The molecule has 6 nitrogen and oxygen atoms in total. The van der Waals surface area contributed by atoms with E-state index in [1.165, 1.54) is 12.1 Å². The summed E-state index contributed by atoms with van der Waals surface area (Å²) in [5.74, 6) is -0.865. The fourth-order valence-electron chi connectivity index (χ4n) is 1.37. The number of nitrogens with one attached hydrogen (secondary N) is 1. The van der Waals surface area contributed by atoms with Crippen LogP contribution in [0.3, 0.4) is 0 Å². The number of esters is 1. The number of hydrogen-bond donors (Lipinski definition) is 2. The maximum Gasteiger partial charge on any atom is 0.362 e. The summed E-state index contributed by atoms with van der Waals surface area (Å²) in [5.41, 5.74) is 6.26. The number of hydrogen-bond acceptors (Lipinski definition) is 5. The van der Waals surface area contributed by atoms with E-state index in [2.05, 4.69) is 15.4 Å². The van der Waals surface area contributed by atoms with Crippen molar-refractivity contribution in [1.82, 2.24) is 15.4 Å². The van der Waals surface area contributed by atoms with Gasteiger partial charge in [0, 0.05) is 6.42 Å². The van der Waals surface area contributed by atoms with Gasteiger partial charge >= 0.3 is 5.97 Å². The molecular weight excluding hydrogens is 239 g/mol. The monoisotopic (exact) mass is 250 g/mol. The Morgan fingerprint density at radius 3 is 2.72 bits per heavy atom. The number of nitrogens with two attached hydrogens (primary N) is 1. The molecule has 2 aromatic rings. The smallest absolute Gasteiger partial charge is 0.362 e. The molecule has 0 unspecified atom stereocenters. The van der Waals surface area contributed by atoms with Crippen LogP contribution in [0.1, 0.15) is 16.1 Å². The molecule has 0 amide bonds. The summed E-state index contributed by atoms with van der Waals surface area (Å²) in [4.78, 5) is 11.5. The molecule has 3 N–H and O–H groups in total. The van der Waals surface area contributed by atoms with Crippen molar-refractivity contribution in [3.05, 3.63) is 41.3 Å². The van der Waals surface area contributed by atoms with E-state index in [-0.39, 0.29) is 23.9 Å². The van der Waals surface area contributed by atoms with E-state index in [0.717, 1.165) is 5.56 Å². The molecule has 1 heterocycles. The van der Waals surface area contributed by atoms with Gasteiger partial charge in [-0.1, -0.05) is 17.3 Å². The Kier molecular flexibility index (Phi) is 3.52. The van der Waals surface area contributed by atoms with Crippen LogP contribution in [0.5, 0.6) is 0 Å². The van der Waals surface area contributed by atoms with Crippen LogP contribution in [0.4, 0.5) is 10.2 Å². The third-order valence-corrected chi connectivity index (χ3v) is 2.31. The number of aromatic amines is 1. The number of halogens is 1. The highest BCUT2D eigenvalue weighted by molar-refractivity contribution is 5.91. The van der Waals surface area contributed by atoms with Gasteiger partial charge < -0.3 is 10.5 Å². The number of benzene rings is 1. The maximum atomic E-state index is 12.6. The molecule has 0 saturated heterocycles. The third-order valence-electron chi connectivity index (χ3n) is 2.31. The average molecular weight is 250 g/mol. The van der Waals surface area contributed by atoms with E-state index < -0.39 is 5.97 Å². The summed E-state index contributed by atoms with van der Waals surface area (Å²) in [6.45, 7) is 0.163. The van der Waals surface area contributed by atoms with Gasteiger partial charge in [-0.25, -0.2) is 14.3 Å². The molecule has 1 aromatic carbocycles. The van der Waals surface area contributed by atoms with Gasteiger partial charge in [-0.2, -0.15) is 0 Å². The Morgan fingerprint density at radius 1 is 1.39 bits per heavy atom. The predicted molar refractivity (Wildman–Crippen MR) is 61.2 cm³/mol. The predicted octanol–water partition coefficient (Wildman–Crippen LogP) is 0.925. The third kappa shape index (κ3) is 2.82. The van der Waals surface area contributed by atoms with Crippen molar-refractivity contribution in [1.29, 1.82) is 0 Å². The summed E-state index contributed by atoms with van der Waals surface area (Å²) in [7, 11) is 0. The highest BCUT2D eigenvalue weighted by Gasteiger charge is 2.14. The van der Waals surface area contributed by atoms with Crippen LogP contribution in [0, 0.1) is 5.82 Å². The first kappa shape index (κ1) is 12.0. The fraction of sp³-hybridized carbons (Fsp3) is 0.182. The van der Waals surface area contributed by atoms with Crippen molar-refractivity contribution in [3.8, 4) is 0 Å². The minimum absolute atomic E-state index is 0.0332. The molecular formula is C11H11FN4O2. The lowest BCUT2D eigenvalue weighted by molar-refractivity contribution is 0.0503. The second-order valence-electron chi connectivity index (χ2n) is 3.59. The van der Waals surface area contributed by atoms with Crippen molar-refractivity contribution in [2.45, 2.75) is 6.42 Å². The Morgan fingerprint density at radius 2 is 2.11 bits per heavy atom. The van der Waals surface area contributed by atoms with Crippen molar-refractivity contribution in [2.24, 2.45) is 0 Å². The quantitative estimate of drug-likeness (QED) is 0.787. The maximum absolute atomic E-state index is 12.6. The number of nitrogen functional groups attached to an aromatic ring is 1. The SMILES string of the molecule is Nc1[nH]nnc1C(=O)OCCc1ccc(F)cc1. The molecule has 0 spiro atoms. The van der Waals surface area contributed by atoms with Gasteiger partial charge in [0.2, 0.25) is 5.69 Å². The molecule has 0 atom stereocenters. The van der Waals surface area contributed by atoms with Gasteiger partial charge in [0.05, 0.1) is 6.61 Å². The van der Waals surface area contributed by atoms with Gasteiger partial charge in [-0.05, 0) is 17.7 Å². The van der Waals surface area contributed by atoms with Crippen LogP contribution in [-0.4, -0.2) is 28.0 Å². The summed E-state index contributed by atoms with van der Waals surface area (Å²) in [6, 6.07) is 5.97. The second-order valence-corrected chi connectivity index (χ2v) is 3.59. The van der Waals surface area contributed by atoms with Crippen LogP contribution >= 0.6 is 0 Å². The number of carbonyl (C=O) groups is 1. The highest BCUT2D eigenvalue weighted by Crippen LogP contribution is 2.06. The van der Waals surface area contributed by atoms with Crippen LogP contribution in [0.15, 0.2) is 24.3 Å². The first-order chi connectivity index (χ1) is 8.66. The molecule has 0 aliphatic carbocycles. The number of rotatable bonds is 4. The van der Waals surface area contributed by atoms with Gasteiger partial charge in [0.25, 0.3) is 0 Å². The molecule has 0 bridgehead atoms. The molecule has 0 aliphatic rings. The van der Waals surface area contributed by atoms with E-state index in [4.69, 9.17) is 10.5 Å². The van der Waals surface area contributed by atoms with Crippen molar-refractivity contribution in [3.63, 3.8) is 0 Å². The second kappa shape index (κ2) is 5.26.